The van der Waals surface area contributed by atoms with Gasteiger partial charge in [-0.2, -0.15) is 0 Å². The highest BCUT2D eigenvalue weighted by molar-refractivity contribution is 5.87. The molecule has 0 bridgehead atoms. The van der Waals surface area contributed by atoms with E-state index < -0.39 is 6.04 Å². The van der Waals surface area contributed by atoms with E-state index in [1.807, 2.05) is 25.1 Å². The second kappa shape index (κ2) is 12.0. The maximum Gasteiger partial charge on any atom is 0.242 e. The van der Waals surface area contributed by atoms with Crippen LogP contribution in [0.3, 0.4) is 0 Å². The summed E-state index contributed by atoms with van der Waals surface area (Å²) in [5.74, 6) is 0.315. The molecule has 0 saturated carbocycles. The van der Waals surface area contributed by atoms with Crippen LogP contribution in [-0.2, 0) is 28.0 Å². The SMILES string of the molecule is CC[C@H](C(=O)NCC(C)C)N(Cc1ccccc1C)C(=O)CCc1ccc(C(C)(C)C)cc1. The second-order valence-electron chi connectivity index (χ2n) is 10.5. The van der Waals surface area contributed by atoms with Crippen molar-refractivity contribution in [2.45, 2.75) is 85.7 Å². The first-order valence-corrected chi connectivity index (χ1v) is 12.2. The van der Waals surface area contributed by atoms with E-state index >= 15 is 0 Å². The summed E-state index contributed by atoms with van der Waals surface area (Å²) in [5.41, 5.74) is 4.74. The van der Waals surface area contributed by atoms with E-state index in [2.05, 4.69) is 77.2 Å². The van der Waals surface area contributed by atoms with Crippen LogP contribution in [0.5, 0.6) is 0 Å². The van der Waals surface area contributed by atoms with Gasteiger partial charge in [0.1, 0.15) is 6.04 Å². The van der Waals surface area contributed by atoms with Crippen molar-refractivity contribution in [2.75, 3.05) is 6.54 Å². The molecule has 0 aliphatic carbocycles. The topological polar surface area (TPSA) is 49.4 Å². The van der Waals surface area contributed by atoms with Crippen molar-refractivity contribution in [3.05, 3.63) is 70.8 Å². The third kappa shape index (κ3) is 8.03. The zero-order chi connectivity index (χ0) is 24.6. The van der Waals surface area contributed by atoms with Crippen LogP contribution >= 0.6 is 0 Å². The molecule has 4 heteroatoms. The highest BCUT2D eigenvalue weighted by Gasteiger charge is 2.28. The van der Waals surface area contributed by atoms with Gasteiger partial charge in [0.15, 0.2) is 0 Å². The first-order chi connectivity index (χ1) is 15.5. The van der Waals surface area contributed by atoms with Gasteiger partial charge >= 0.3 is 0 Å². The zero-order valence-corrected chi connectivity index (χ0v) is 21.6. The van der Waals surface area contributed by atoms with Gasteiger partial charge in [-0.3, -0.25) is 9.59 Å². The Bertz CT molecular complexity index is 910. The molecule has 0 aromatic heterocycles. The molecule has 0 heterocycles. The first-order valence-electron chi connectivity index (χ1n) is 12.2. The molecule has 1 N–H and O–H groups in total. The lowest BCUT2D eigenvalue weighted by Gasteiger charge is -2.31. The number of carbonyl (C=O) groups excluding carboxylic acids is 2. The Labute approximate surface area is 200 Å². The maximum absolute atomic E-state index is 13.4. The molecule has 0 aliphatic rings. The van der Waals surface area contributed by atoms with Crippen molar-refractivity contribution < 1.29 is 9.59 Å². The molecule has 0 fully saturated rings. The number of amides is 2. The fraction of sp³-hybridized carbons (Fsp3) is 0.517. The Morgan fingerprint density at radius 2 is 1.64 bits per heavy atom. The fourth-order valence-corrected chi connectivity index (χ4v) is 3.88. The van der Waals surface area contributed by atoms with E-state index in [1.54, 1.807) is 4.90 Å². The molecule has 4 nitrogen and oxygen atoms in total. The summed E-state index contributed by atoms with van der Waals surface area (Å²) in [6.45, 7) is 15.8. The van der Waals surface area contributed by atoms with Gasteiger partial charge < -0.3 is 10.2 Å². The molecule has 2 amide bonds. The van der Waals surface area contributed by atoms with Crippen molar-refractivity contribution in [1.29, 1.82) is 0 Å². The number of hydrogen-bond donors (Lipinski definition) is 1. The third-order valence-corrected chi connectivity index (χ3v) is 6.12. The van der Waals surface area contributed by atoms with Gasteiger partial charge in [-0.1, -0.05) is 90.1 Å². The van der Waals surface area contributed by atoms with Gasteiger partial charge in [0.05, 0.1) is 0 Å². The zero-order valence-electron chi connectivity index (χ0n) is 21.6. The molecular weight excluding hydrogens is 408 g/mol. The Morgan fingerprint density at radius 1 is 1.00 bits per heavy atom. The minimum Gasteiger partial charge on any atom is -0.354 e. The molecule has 1 atom stereocenters. The van der Waals surface area contributed by atoms with Crippen molar-refractivity contribution in [1.82, 2.24) is 10.2 Å². The van der Waals surface area contributed by atoms with Gasteiger partial charge in [-0.15, -0.1) is 0 Å². The van der Waals surface area contributed by atoms with Crippen LogP contribution in [-0.4, -0.2) is 29.3 Å². The molecule has 2 aromatic carbocycles. The summed E-state index contributed by atoms with van der Waals surface area (Å²) in [6, 6.07) is 16.1. The minimum atomic E-state index is -0.473. The average molecular weight is 451 g/mol. The number of nitrogens with zero attached hydrogens (tertiary/aromatic N) is 1. The smallest absolute Gasteiger partial charge is 0.242 e. The first kappa shape index (κ1) is 26.6. The van der Waals surface area contributed by atoms with Crippen molar-refractivity contribution in [2.24, 2.45) is 5.92 Å². The fourth-order valence-electron chi connectivity index (χ4n) is 3.88. The van der Waals surface area contributed by atoms with Crippen LogP contribution in [0.25, 0.3) is 0 Å². The number of carbonyl (C=O) groups is 2. The lowest BCUT2D eigenvalue weighted by Crippen LogP contribution is -2.49. The van der Waals surface area contributed by atoms with Gasteiger partial charge in [0, 0.05) is 19.5 Å². The van der Waals surface area contributed by atoms with Crippen LogP contribution in [0.1, 0.15) is 76.6 Å². The Balaban J connectivity index is 2.19. The number of rotatable bonds is 10. The predicted molar refractivity (Wildman–Crippen MR) is 137 cm³/mol. The van der Waals surface area contributed by atoms with E-state index in [0.29, 0.717) is 38.3 Å². The molecule has 2 aromatic rings. The third-order valence-electron chi connectivity index (χ3n) is 6.12. The molecule has 180 valence electrons. The molecule has 0 spiro atoms. The molecule has 33 heavy (non-hydrogen) atoms. The number of benzene rings is 2. The van der Waals surface area contributed by atoms with E-state index in [4.69, 9.17) is 0 Å². The van der Waals surface area contributed by atoms with Gasteiger partial charge in [-0.25, -0.2) is 0 Å². The van der Waals surface area contributed by atoms with E-state index in [-0.39, 0.29) is 17.2 Å². The highest BCUT2D eigenvalue weighted by Crippen LogP contribution is 2.23. The monoisotopic (exact) mass is 450 g/mol. The van der Waals surface area contributed by atoms with Gasteiger partial charge in [-0.05, 0) is 53.4 Å². The van der Waals surface area contributed by atoms with Crippen molar-refractivity contribution in [3.63, 3.8) is 0 Å². The van der Waals surface area contributed by atoms with Gasteiger partial charge in [0.2, 0.25) is 11.8 Å². The Kier molecular flexibility index (Phi) is 9.70. The predicted octanol–water partition coefficient (Wildman–Crippen LogP) is 5.80. The number of aryl methyl sites for hydroxylation is 2. The summed E-state index contributed by atoms with van der Waals surface area (Å²) in [6.07, 6.45) is 1.63. The lowest BCUT2D eigenvalue weighted by atomic mass is 9.86. The van der Waals surface area contributed by atoms with Gasteiger partial charge in [0.25, 0.3) is 0 Å². The van der Waals surface area contributed by atoms with Crippen molar-refractivity contribution in [3.8, 4) is 0 Å². The largest absolute Gasteiger partial charge is 0.354 e. The summed E-state index contributed by atoms with van der Waals surface area (Å²) in [7, 11) is 0. The summed E-state index contributed by atoms with van der Waals surface area (Å²) in [5, 5.41) is 3.03. The molecule has 0 radical (unpaired) electrons. The second-order valence-corrected chi connectivity index (χ2v) is 10.5. The summed E-state index contributed by atoms with van der Waals surface area (Å²) >= 11 is 0. The maximum atomic E-state index is 13.4. The van der Waals surface area contributed by atoms with E-state index in [9.17, 15) is 9.59 Å². The van der Waals surface area contributed by atoms with Crippen LogP contribution in [0.15, 0.2) is 48.5 Å². The van der Waals surface area contributed by atoms with Crippen LogP contribution in [0.2, 0.25) is 0 Å². The summed E-state index contributed by atoms with van der Waals surface area (Å²) in [4.78, 5) is 28.2. The van der Waals surface area contributed by atoms with Crippen molar-refractivity contribution >= 4 is 11.8 Å². The van der Waals surface area contributed by atoms with E-state index in [1.165, 1.54) is 5.56 Å². The number of nitrogens with one attached hydrogen (secondary N) is 1. The van der Waals surface area contributed by atoms with Crippen LogP contribution < -0.4 is 5.32 Å². The standard InChI is InChI=1S/C29H42N2O2/c1-8-26(28(33)30-19-21(2)3)31(20-24-12-10-9-11-22(24)4)27(32)18-15-23-13-16-25(17-14-23)29(5,6)7/h9-14,16-17,21,26H,8,15,18-20H2,1-7H3,(H,30,33)/t26-/m1/s1. The Hall–Kier alpha value is -2.62. The minimum absolute atomic E-state index is 0.0182. The molecule has 0 saturated heterocycles. The van der Waals surface area contributed by atoms with E-state index in [0.717, 1.165) is 16.7 Å². The van der Waals surface area contributed by atoms with Crippen LogP contribution in [0, 0.1) is 12.8 Å². The average Bonchev–Trinajstić information content (AvgIpc) is 2.76. The molecular formula is C29H42N2O2. The quantitative estimate of drug-likeness (QED) is 0.497. The molecule has 0 unspecified atom stereocenters. The lowest BCUT2D eigenvalue weighted by molar-refractivity contribution is -0.141. The normalized spacial score (nSPS) is 12.5. The Morgan fingerprint density at radius 3 is 2.18 bits per heavy atom. The highest BCUT2D eigenvalue weighted by atomic mass is 16.2. The molecule has 0 aliphatic heterocycles. The molecule has 2 rings (SSSR count). The van der Waals surface area contributed by atoms with Crippen LogP contribution in [0.4, 0.5) is 0 Å². The number of hydrogen-bond acceptors (Lipinski definition) is 2. The summed E-state index contributed by atoms with van der Waals surface area (Å²) < 4.78 is 0.